The molecule has 1 amide bonds. The van der Waals surface area contributed by atoms with Crippen molar-refractivity contribution in [1.82, 2.24) is 10.3 Å². The van der Waals surface area contributed by atoms with E-state index in [1.54, 1.807) is 11.9 Å². The molecule has 0 aromatic carbocycles. The number of likely N-dealkylation sites (tertiary alicyclic amines) is 1. The number of rotatable bonds is 1. The number of hydrogen-bond donors (Lipinski definition) is 3. The molecule has 0 radical (unpaired) electrons. The Labute approximate surface area is 65.1 Å². The molecule has 0 spiro atoms. The highest BCUT2D eigenvalue weighted by Crippen LogP contribution is 2.14. The maximum Gasteiger partial charge on any atom is 0.251 e. The Kier molecular flexibility index (Phi) is 2.43. The fourth-order valence-corrected chi connectivity index (χ4v) is 1.38. The second-order valence-electron chi connectivity index (χ2n) is 2.85. The first kappa shape index (κ1) is 8.45. The summed E-state index contributed by atoms with van der Waals surface area (Å²) in [6.07, 6.45) is 0.0711. The first-order chi connectivity index (χ1) is 5.15. The number of nitrogens with two attached hydrogens (primary N) is 1. The van der Waals surface area contributed by atoms with E-state index in [1.807, 2.05) is 0 Å². The van der Waals surface area contributed by atoms with Gasteiger partial charge in [0, 0.05) is 6.54 Å². The Hall–Kier alpha value is -0.650. The molecule has 1 aliphatic rings. The van der Waals surface area contributed by atoms with Gasteiger partial charge in [0.25, 0.3) is 5.91 Å². The molecule has 2 atom stereocenters. The number of carbonyl (C=O) groups is 1. The lowest BCUT2D eigenvalue weighted by molar-refractivity contribution is -0.125. The predicted octanol–water partition coefficient (Wildman–Crippen LogP) is -1.96. The maximum atomic E-state index is 11.0. The quantitative estimate of drug-likeness (QED) is 0.236. The molecule has 5 heteroatoms. The third-order valence-electron chi connectivity index (χ3n) is 1.97. The Morgan fingerprint density at radius 2 is 2.45 bits per heavy atom. The van der Waals surface area contributed by atoms with Crippen LogP contribution in [0.1, 0.15) is 6.42 Å². The molecular formula is C6H13N3O2. The number of carbonyl (C=O) groups excluding carboxylic acids is 1. The Balaban J connectivity index is 2.52. The molecule has 0 bridgehead atoms. The smallest absolute Gasteiger partial charge is 0.251 e. The van der Waals surface area contributed by atoms with Gasteiger partial charge in [-0.05, 0) is 13.5 Å². The van der Waals surface area contributed by atoms with Gasteiger partial charge in [-0.2, -0.15) is 0 Å². The van der Waals surface area contributed by atoms with Crippen LogP contribution < -0.4 is 11.3 Å². The van der Waals surface area contributed by atoms with Gasteiger partial charge in [0.2, 0.25) is 0 Å². The van der Waals surface area contributed by atoms with Gasteiger partial charge in [-0.3, -0.25) is 15.1 Å². The molecule has 1 saturated heterocycles. The van der Waals surface area contributed by atoms with Crippen LogP contribution >= 0.6 is 0 Å². The molecule has 0 saturated carbocycles. The summed E-state index contributed by atoms with van der Waals surface area (Å²) < 4.78 is 0. The number of nitrogens with zero attached hydrogens (tertiary/aromatic N) is 1. The van der Waals surface area contributed by atoms with Gasteiger partial charge in [-0.25, -0.2) is 5.84 Å². The van der Waals surface area contributed by atoms with Gasteiger partial charge in [0.15, 0.2) is 0 Å². The number of amides is 1. The van der Waals surface area contributed by atoms with E-state index in [0.717, 1.165) is 0 Å². The number of likely N-dealkylation sites (N-methyl/N-ethyl adjacent to an activating group) is 1. The highest BCUT2D eigenvalue weighted by molar-refractivity contribution is 5.81. The third kappa shape index (κ3) is 1.68. The zero-order valence-electron chi connectivity index (χ0n) is 6.45. The van der Waals surface area contributed by atoms with Gasteiger partial charge < -0.3 is 5.11 Å². The lowest BCUT2D eigenvalue weighted by Crippen LogP contribution is -2.44. The molecule has 0 aromatic heterocycles. The summed E-state index contributed by atoms with van der Waals surface area (Å²) in [7, 11) is 1.79. The van der Waals surface area contributed by atoms with Crippen molar-refractivity contribution in [3.63, 3.8) is 0 Å². The van der Waals surface area contributed by atoms with E-state index in [1.165, 1.54) is 0 Å². The van der Waals surface area contributed by atoms with Crippen LogP contribution in [0.4, 0.5) is 0 Å². The summed E-state index contributed by atoms with van der Waals surface area (Å²) in [4.78, 5) is 12.8. The van der Waals surface area contributed by atoms with Gasteiger partial charge in [0.1, 0.15) is 0 Å². The molecule has 0 aliphatic carbocycles. The minimum atomic E-state index is -0.401. The average Bonchev–Trinajstić information content (AvgIpc) is 2.28. The van der Waals surface area contributed by atoms with Crippen molar-refractivity contribution in [2.45, 2.75) is 18.6 Å². The maximum absolute atomic E-state index is 11.0. The van der Waals surface area contributed by atoms with Crippen LogP contribution in [-0.2, 0) is 4.79 Å². The molecule has 5 nitrogen and oxygen atoms in total. The number of hydrogen-bond acceptors (Lipinski definition) is 4. The van der Waals surface area contributed by atoms with Crippen molar-refractivity contribution in [2.24, 2.45) is 5.84 Å². The summed E-state index contributed by atoms with van der Waals surface area (Å²) in [5.74, 6) is 4.72. The van der Waals surface area contributed by atoms with E-state index in [0.29, 0.717) is 13.0 Å². The van der Waals surface area contributed by atoms with Crippen LogP contribution in [0.5, 0.6) is 0 Å². The van der Waals surface area contributed by atoms with Crippen LogP contribution in [-0.4, -0.2) is 41.7 Å². The molecule has 0 unspecified atom stereocenters. The predicted molar refractivity (Wildman–Crippen MR) is 39.4 cm³/mol. The van der Waals surface area contributed by atoms with E-state index in [4.69, 9.17) is 10.9 Å². The van der Waals surface area contributed by atoms with Crippen LogP contribution in [0.3, 0.4) is 0 Å². The van der Waals surface area contributed by atoms with Gasteiger partial charge in [0.05, 0.1) is 12.1 Å². The van der Waals surface area contributed by atoms with Crippen molar-refractivity contribution >= 4 is 5.91 Å². The first-order valence-electron chi connectivity index (χ1n) is 3.54. The third-order valence-corrected chi connectivity index (χ3v) is 1.97. The van der Waals surface area contributed by atoms with Crippen molar-refractivity contribution < 1.29 is 9.90 Å². The zero-order chi connectivity index (χ0) is 8.43. The van der Waals surface area contributed by atoms with E-state index < -0.39 is 6.10 Å². The fourth-order valence-electron chi connectivity index (χ4n) is 1.38. The number of aliphatic hydroxyl groups is 1. The Morgan fingerprint density at radius 3 is 2.82 bits per heavy atom. The van der Waals surface area contributed by atoms with E-state index in [9.17, 15) is 4.79 Å². The SMILES string of the molecule is CN1C[C@@H](O)C[C@@H]1C(=O)NN. The van der Waals surface area contributed by atoms with Crippen molar-refractivity contribution in [1.29, 1.82) is 0 Å². The normalized spacial score (nSPS) is 32.3. The van der Waals surface area contributed by atoms with Crippen molar-refractivity contribution in [3.05, 3.63) is 0 Å². The molecule has 0 aromatic rings. The Morgan fingerprint density at radius 1 is 1.82 bits per heavy atom. The standard InChI is InChI=1S/C6H13N3O2/c1-9-3-4(10)2-5(9)6(11)8-7/h4-5,10H,2-3,7H2,1H3,(H,8,11)/t4-,5+/m0/s1. The lowest BCUT2D eigenvalue weighted by Gasteiger charge is -2.15. The van der Waals surface area contributed by atoms with Gasteiger partial charge >= 0.3 is 0 Å². The van der Waals surface area contributed by atoms with Crippen molar-refractivity contribution in [3.8, 4) is 0 Å². The molecule has 4 N–H and O–H groups in total. The molecule has 1 fully saturated rings. The van der Waals surface area contributed by atoms with Crippen LogP contribution in [0.25, 0.3) is 0 Å². The van der Waals surface area contributed by atoms with E-state index in [-0.39, 0.29) is 11.9 Å². The number of nitrogens with one attached hydrogen (secondary N) is 1. The molecule has 1 rings (SSSR count). The molecule has 1 aliphatic heterocycles. The van der Waals surface area contributed by atoms with Gasteiger partial charge in [-0.15, -0.1) is 0 Å². The van der Waals surface area contributed by atoms with Crippen LogP contribution in [0.15, 0.2) is 0 Å². The molecule has 1 heterocycles. The highest BCUT2D eigenvalue weighted by Gasteiger charge is 2.32. The van der Waals surface area contributed by atoms with E-state index >= 15 is 0 Å². The highest BCUT2D eigenvalue weighted by atomic mass is 16.3. The zero-order valence-corrected chi connectivity index (χ0v) is 6.45. The fraction of sp³-hybridized carbons (Fsp3) is 0.833. The summed E-state index contributed by atoms with van der Waals surface area (Å²) >= 11 is 0. The van der Waals surface area contributed by atoms with E-state index in [2.05, 4.69) is 5.43 Å². The second kappa shape index (κ2) is 3.17. The topological polar surface area (TPSA) is 78.6 Å². The summed E-state index contributed by atoms with van der Waals surface area (Å²) in [5.41, 5.74) is 2.07. The number of β-amino-alcohol motifs (C(OH)–C–C–N with tert-alkyl or cyclic N) is 1. The van der Waals surface area contributed by atoms with Gasteiger partial charge in [-0.1, -0.05) is 0 Å². The Bertz CT molecular complexity index is 162. The summed E-state index contributed by atoms with van der Waals surface area (Å²) in [6, 6.07) is -0.269. The lowest BCUT2D eigenvalue weighted by atomic mass is 10.2. The largest absolute Gasteiger partial charge is 0.392 e. The molecule has 11 heavy (non-hydrogen) atoms. The summed E-state index contributed by atoms with van der Waals surface area (Å²) in [5, 5.41) is 9.15. The van der Waals surface area contributed by atoms with Crippen molar-refractivity contribution in [2.75, 3.05) is 13.6 Å². The number of hydrazine groups is 1. The van der Waals surface area contributed by atoms with Crippen LogP contribution in [0.2, 0.25) is 0 Å². The molecular weight excluding hydrogens is 146 g/mol. The summed E-state index contributed by atoms with van der Waals surface area (Å²) in [6.45, 7) is 0.540. The number of aliphatic hydroxyl groups excluding tert-OH is 1. The molecule has 64 valence electrons. The minimum absolute atomic E-state index is 0.232. The van der Waals surface area contributed by atoms with Crippen LogP contribution in [0, 0.1) is 0 Å². The monoisotopic (exact) mass is 159 g/mol. The second-order valence-corrected chi connectivity index (χ2v) is 2.85. The minimum Gasteiger partial charge on any atom is -0.392 e. The average molecular weight is 159 g/mol. The first-order valence-corrected chi connectivity index (χ1v) is 3.54.